The van der Waals surface area contributed by atoms with Crippen LogP contribution in [-0.4, -0.2) is 43.4 Å². The molecule has 0 bridgehead atoms. The number of amides is 1. The summed E-state index contributed by atoms with van der Waals surface area (Å²) < 4.78 is 0. The SMILES string of the molecule is CCNC(=O)c1ccc(CNC(=NC)N2CCC(C)(C)C2)cc1. The summed E-state index contributed by atoms with van der Waals surface area (Å²) in [6, 6.07) is 7.70. The lowest BCUT2D eigenvalue weighted by Crippen LogP contribution is -2.40. The largest absolute Gasteiger partial charge is 0.352 e. The highest BCUT2D eigenvalue weighted by Crippen LogP contribution is 2.28. The molecular formula is C18H28N4O. The smallest absolute Gasteiger partial charge is 0.251 e. The summed E-state index contributed by atoms with van der Waals surface area (Å²) in [5, 5.41) is 6.22. The molecule has 0 aromatic heterocycles. The Morgan fingerprint density at radius 1 is 1.26 bits per heavy atom. The average Bonchev–Trinajstić information content (AvgIpc) is 2.89. The fourth-order valence-electron chi connectivity index (χ4n) is 2.84. The monoisotopic (exact) mass is 316 g/mol. The van der Waals surface area contributed by atoms with E-state index in [1.165, 1.54) is 6.42 Å². The molecule has 0 unspecified atom stereocenters. The molecule has 1 aromatic rings. The molecule has 1 aliphatic rings. The van der Waals surface area contributed by atoms with Gasteiger partial charge < -0.3 is 15.5 Å². The van der Waals surface area contributed by atoms with E-state index in [1.54, 1.807) is 0 Å². The highest BCUT2D eigenvalue weighted by Gasteiger charge is 2.30. The van der Waals surface area contributed by atoms with Crippen LogP contribution in [0.15, 0.2) is 29.3 Å². The van der Waals surface area contributed by atoms with Crippen LogP contribution in [0.2, 0.25) is 0 Å². The molecule has 126 valence electrons. The van der Waals surface area contributed by atoms with Crippen molar-refractivity contribution >= 4 is 11.9 Å². The number of hydrogen-bond acceptors (Lipinski definition) is 2. The first-order valence-electron chi connectivity index (χ1n) is 8.28. The van der Waals surface area contributed by atoms with Crippen molar-refractivity contribution in [3.63, 3.8) is 0 Å². The lowest BCUT2D eigenvalue weighted by atomic mass is 9.93. The lowest BCUT2D eigenvalue weighted by molar-refractivity contribution is 0.0956. The molecule has 0 saturated carbocycles. The Bertz CT molecular complexity index is 563. The van der Waals surface area contributed by atoms with E-state index < -0.39 is 0 Å². The summed E-state index contributed by atoms with van der Waals surface area (Å²) in [5.41, 5.74) is 2.19. The van der Waals surface area contributed by atoms with Crippen molar-refractivity contribution < 1.29 is 4.79 Å². The number of nitrogens with one attached hydrogen (secondary N) is 2. The van der Waals surface area contributed by atoms with Crippen LogP contribution in [0.3, 0.4) is 0 Å². The van der Waals surface area contributed by atoms with Crippen molar-refractivity contribution in [3.05, 3.63) is 35.4 Å². The van der Waals surface area contributed by atoms with Gasteiger partial charge in [-0.05, 0) is 36.5 Å². The predicted octanol–water partition coefficient (Wildman–Crippen LogP) is 2.24. The van der Waals surface area contributed by atoms with Gasteiger partial charge in [0.05, 0.1) is 0 Å². The number of likely N-dealkylation sites (tertiary alicyclic amines) is 1. The highest BCUT2D eigenvalue weighted by molar-refractivity contribution is 5.94. The molecular weight excluding hydrogens is 288 g/mol. The highest BCUT2D eigenvalue weighted by atomic mass is 16.1. The third-order valence-electron chi connectivity index (χ3n) is 4.19. The fourth-order valence-corrected chi connectivity index (χ4v) is 2.84. The van der Waals surface area contributed by atoms with Crippen LogP contribution in [0.4, 0.5) is 0 Å². The van der Waals surface area contributed by atoms with Gasteiger partial charge in [0, 0.05) is 38.8 Å². The minimum Gasteiger partial charge on any atom is -0.352 e. The van der Waals surface area contributed by atoms with E-state index in [9.17, 15) is 4.79 Å². The number of guanidine groups is 1. The van der Waals surface area contributed by atoms with Crippen molar-refractivity contribution in [2.24, 2.45) is 10.4 Å². The van der Waals surface area contributed by atoms with E-state index >= 15 is 0 Å². The van der Waals surface area contributed by atoms with Gasteiger partial charge in [0.2, 0.25) is 0 Å². The summed E-state index contributed by atoms with van der Waals surface area (Å²) in [6.07, 6.45) is 1.19. The third kappa shape index (κ3) is 4.71. The molecule has 1 aliphatic heterocycles. The molecule has 23 heavy (non-hydrogen) atoms. The topological polar surface area (TPSA) is 56.7 Å². The summed E-state index contributed by atoms with van der Waals surface area (Å²) in [5.74, 6) is 0.922. The second kappa shape index (κ2) is 7.49. The molecule has 1 aromatic carbocycles. The second-order valence-corrected chi connectivity index (χ2v) is 6.79. The first-order valence-corrected chi connectivity index (χ1v) is 8.28. The van der Waals surface area contributed by atoms with Crippen LogP contribution in [0.25, 0.3) is 0 Å². The summed E-state index contributed by atoms with van der Waals surface area (Å²) in [7, 11) is 1.83. The first kappa shape index (κ1) is 17.3. The Morgan fingerprint density at radius 3 is 2.48 bits per heavy atom. The Balaban J connectivity index is 1.91. The van der Waals surface area contributed by atoms with Gasteiger partial charge in [-0.1, -0.05) is 26.0 Å². The molecule has 0 atom stereocenters. The maximum atomic E-state index is 11.8. The van der Waals surface area contributed by atoms with Crippen molar-refractivity contribution in [1.82, 2.24) is 15.5 Å². The second-order valence-electron chi connectivity index (χ2n) is 6.79. The molecule has 0 radical (unpaired) electrons. The Labute approximate surface area is 139 Å². The van der Waals surface area contributed by atoms with Crippen molar-refractivity contribution in [1.29, 1.82) is 0 Å². The number of aliphatic imine (C=N–C) groups is 1. The minimum absolute atomic E-state index is 0.0258. The summed E-state index contributed by atoms with van der Waals surface area (Å²) in [4.78, 5) is 18.4. The Morgan fingerprint density at radius 2 is 1.96 bits per heavy atom. The van der Waals surface area contributed by atoms with Crippen molar-refractivity contribution in [3.8, 4) is 0 Å². The molecule has 0 spiro atoms. The van der Waals surface area contributed by atoms with Crippen LogP contribution in [-0.2, 0) is 6.54 Å². The molecule has 1 amide bonds. The van der Waals surface area contributed by atoms with Crippen molar-refractivity contribution in [2.45, 2.75) is 33.7 Å². The van der Waals surface area contributed by atoms with Gasteiger partial charge in [-0.15, -0.1) is 0 Å². The first-order chi connectivity index (χ1) is 10.9. The van der Waals surface area contributed by atoms with E-state index in [4.69, 9.17) is 0 Å². The standard InChI is InChI=1S/C18H28N4O/c1-5-20-16(23)15-8-6-14(7-9-15)12-21-17(19-4)22-11-10-18(2,3)13-22/h6-9H,5,10-13H2,1-4H3,(H,19,21)(H,20,23). The van der Waals surface area contributed by atoms with Crippen LogP contribution in [0, 0.1) is 5.41 Å². The van der Waals surface area contributed by atoms with Gasteiger partial charge >= 0.3 is 0 Å². The van der Waals surface area contributed by atoms with Crippen LogP contribution < -0.4 is 10.6 Å². The lowest BCUT2D eigenvalue weighted by Gasteiger charge is -2.23. The zero-order valence-corrected chi connectivity index (χ0v) is 14.6. The molecule has 1 fully saturated rings. The predicted molar refractivity (Wildman–Crippen MR) is 94.6 cm³/mol. The summed E-state index contributed by atoms with van der Waals surface area (Å²) in [6.45, 7) is 9.93. The van der Waals surface area contributed by atoms with E-state index in [-0.39, 0.29) is 5.91 Å². The van der Waals surface area contributed by atoms with E-state index in [1.807, 2.05) is 38.2 Å². The van der Waals surface area contributed by atoms with Crippen LogP contribution in [0.5, 0.6) is 0 Å². The molecule has 1 saturated heterocycles. The number of nitrogens with zero attached hydrogens (tertiary/aromatic N) is 2. The van der Waals surface area contributed by atoms with Gasteiger partial charge in [0.1, 0.15) is 0 Å². The maximum absolute atomic E-state index is 11.8. The van der Waals surface area contributed by atoms with Gasteiger partial charge in [-0.2, -0.15) is 0 Å². The van der Waals surface area contributed by atoms with E-state index in [0.717, 1.165) is 24.6 Å². The number of carbonyl (C=O) groups excluding carboxylic acids is 1. The average molecular weight is 316 g/mol. The molecule has 2 N–H and O–H groups in total. The molecule has 5 nitrogen and oxygen atoms in total. The minimum atomic E-state index is -0.0258. The Hall–Kier alpha value is -2.04. The van der Waals surface area contributed by atoms with Crippen LogP contribution >= 0.6 is 0 Å². The summed E-state index contributed by atoms with van der Waals surface area (Å²) >= 11 is 0. The normalized spacial score (nSPS) is 17.2. The number of carbonyl (C=O) groups is 1. The zero-order chi connectivity index (χ0) is 16.9. The molecule has 5 heteroatoms. The van der Waals surface area contributed by atoms with E-state index in [0.29, 0.717) is 24.1 Å². The zero-order valence-electron chi connectivity index (χ0n) is 14.6. The fraction of sp³-hybridized carbons (Fsp3) is 0.556. The van der Waals surface area contributed by atoms with Gasteiger partial charge in [-0.3, -0.25) is 9.79 Å². The Kier molecular flexibility index (Phi) is 5.64. The quantitative estimate of drug-likeness (QED) is 0.662. The number of rotatable bonds is 4. The van der Waals surface area contributed by atoms with Gasteiger partial charge in [0.15, 0.2) is 5.96 Å². The number of hydrogen-bond donors (Lipinski definition) is 2. The van der Waals surface area contributed by atoms with Gasteiger partial charge in [-0.25, -0.2) is 0 Å². The molecule has 0 aliphatic carbocycles. The number of benzene rings is 1. The molecule has 1 heterocycles. The maximum Gasteiger partial charge on any atom is 0.251 e. The van der Waals surface area contributed by atoms with Gasteiger partial charge in [0.25, 0.3) is 5.91 Å². The van der Waals surface area contributed by atoms with Crippen LogP contribution in [0.1, 0.15) is 43.1 Å². The molecule has 2 rings (SSSR count). The van der Waals surface area contributed by atoms with Crippen molar-refractivity contribution in [2.75, 3.05) is 26.7 Å². The van der Waals surface area contributed by atoms with E-state index in [2.05, 4.69) is 34.4 Å². The third-order valence-corrected chi connectivity index (χ3v) is 4.19.